The van der Waals surface area contributed by atoms with E-state index >= 15 is 0 Å². The van der Waals surface area contributed by atoms with Crippen molar-refractivity contribution >= 4 is 22.1 Å². The Balaban J connectivity index is 1.20. The lowest BCUT2D eigenvalue weighted by atomic mass is 9.88. The van der Waals surface area contributed by atoms with Crippen molar-refractivity contribution in [2.75, 3.05) is 26.2 Å². The standard InChI is InChI=1S/C36H38N8/c1-3-11-27(12-4-1)29-19-23-41(24-20-29)35(43-33-17-9-7-15-31(33)37-39-43)36(44-34-18-10-8-16-32(34)38-40-44)42-25-21-30(22-26-42)28-13-5-2-6-14-28/h1-18,29-30,35-36H,19-26H2. The molecule has 4 heterocycles. The second kappa shape index (κ2) is 11.9. The molecule has 2 unspecified atom stereocenters. The van der Waals surface area contributed by atoms with E-state index in [1.807, 2.05) is 12.1 Å². The van der Waals surface area contributed by atoms with Gasteiger partial charge in [0.25, 0.3) is 0 Å². The van der Waals surface area contributed by atoms with Gasteiger partial charge in [0.1, 0.15) is 23.4 Å². The quantitative estimate of drug-likeness (QED) is 0.210. The fraction of sp³-hybridized carbons (Fsp3) is 0.333. The van der Waals surface area contributed by atoms with Crippen molar-refractivity contribution in [2.24, 2.45) is 0 Å². The number of rotatable bonds is 7. The third kappa shape index (κ3) is 5.08. The lowest BCUT2D eigenvalue weighted by molar-refractivity contribution is -0.0342. The van der Waals surface area contributed by atoms with Gasteiger partial charge in [0.2, 0.25) is 0 Å². The largest absolute Gasteiger partial charge is 0.279 e. The van der Waals surface area contributed by atoms with Gasteiger partial charge in [-0.25, -0.2) is 9.36 Å². The Bertz CT molecular complexity index is 1680. The van der Waals surface area contributed by atoms with Crippen LogP contribution in [0.2, 0.25) is 0 Å². The highest BCUT2D eigenvalue weighted by Crippen LogP contribution is 2.40. The highest BCUT2D eigenvalue weighted by molar-refractivity contribution is 5.75. The molecule has 6 aromatic rings. The van der Waals surface area contributed by atoms with Crippen LogP contribution in [0.4, 0.5) is 0 Å². The number of benzene rings is 4. The van der Waals surface area contributed by atoms with Crippen molar-refractivity contribution in [3.63, 3.8) is 0 Å². The monoisotopic (exact) mass is 582 g/mol. The lowest BCUT2D eigenvalue weighted by Gasteiger charge is -2.46. The van der Waals surface area contributed by atoms with Gasteiger partial charge in [0.05, 0.1) is 11.0 Å². The normalized spacial score (nSPS) is 19.0. The summed E-state index contributed by atoms with van der Waals surface area (Å²) in [4.78, 5) is 5.26. The van der Waals surface area contributed by atoms with E-state index in [1.165, 1.54) is 11.1 Å². The molecule has 8 rings (SSSR count). The summed E-state index contributed by atoms with van der Waals surface area (Å²) < 4.78 is 4.34. The molecule has 2 aliphatic rings. The van der Waals surface area contributed by atoms with Crippen molar-refractivity contribution < 1.29 is 0 Å². The fourth-order valence-corrected chi connectivity index (χ4v) is 7.55. The third-order valence-corrected chi connectivity index (χ3v) is 9.87. The minimum absolute atomic E-state index is 0.0995. The zero-order chi connectivity index (χ0) is 29.3. The molecule has 0 amide bonds. The summed E-state index contributed by atoms with van der Waals surface area (Å²) in [7, 11) is 0. The minimum atomic E-state index is -0.0995. The van der Waals surface area contributed by atoms with Gasteiger partial charge in [-0.15, -0.1) is 10.2 Å². The van der Waals surface area contributed by atoms with E-state index in [4.69, 9.17) is 10.4 Å². The summed E-state index contributed by atoms with van der Waals surface area (Å²) in [6.07, 6.45) is 4.22. The van der Waals surface area contributed by atoms with Gasteiger partial charge in [0.15, 0.2) is 0 Å². The van der Waals surface area contributed by atoms with Crippen LogP contribution >= 0.6 is 0 Å². The first-order chi connectivity index (χ1) is 21.8. The first-order valence-corrected chi connectivity index (χ1v) is 16.0. The van der Waals surface area contributed by atoms with Crippen molar-refractivity contribution in [3.8, 4) is 0 Å². The fourth-order valence-electron chi connectivity index (χ4n) is 7.55. The maximum Gasteiger partial charge on any atom is 0.143 e. The molecule has 0 bridgehead atoms. The second-order valence-corrected chi connectivity index (χ2v) is 12.3. The number of hydrogen-bond donors (Lipinski definition) is 0. The molecule has 2 aromatic heterocycles. The Morgan fingerprint density at radius 3 is 1.23 bits per heavy atom. The van der Waals surface area contributed by atoms with Gasteiger partial charge in [-0.2, -0.15) is 0 Å². The van der Waals surface area contributed by atoms with E-state index in [9.17, 15) is 0 Å². The van der Waals surface area contributed by atoms with Crippen LogP contribution in [-0.4, -0.2) is 66.0 Å². The van der Waals surface area contributed by atoms with Crippen LogP contribution in [0.5, 0.6) is 0 Å². The number of fused-ring (bicyclic) bond motifs is 2. The Hall–Kier alpha value is -4.40. The SMILES string of the molecule is c1ccc(C2CCN(C(C(N3CCC(c4ccccc4)CC3)n3nnc4ccccc43)n3nnc4ccccc43)CC2)cc1. The molecule has 0 saturated carbocycles. The summed E-state index contributed by atoms with van der Waals surface area (Å²) in [5, 5.41) is 19.0. The smallest absolute Gasteiger partial charge is 0.143 e. The number of para-hydroxylation sites is 2. The number of piperidine rings is 2. The Morgan fingerprint density at radius 1 is 0.455 bits per heavy atom. The Morgan fingerprint density at radius 2 is 0.818 bits per heavy atom. The summed E-state index contributed by atoms with van der Waals surface area (Å²) in [5.41, 5.74) is 6.82. The van der Waals surface area contributed by atoms with E-state index in [-0.39, 0.29) is 12.3 Å². The molecular formula is C36H38N8. The van der Waals surface area contributed by atoms with Gasteiger partial charge in [-0.05, 0) is 72.9 Å². The highest BCUT2D eigenvalue weighted by atomic mass is 15.6. The average Bonchev–Trinajstić information content (AvgIpc) is 3.73. The molecule has 0 aliphatic carbocycles. The molecule has 8 heteroatoms. The van der Waals surface area contributed by atoms with Gasteiger partial charge in [0, 0.05) is 26.2 Å². The first kappa shape index (κ1) is 27.2. The molecule has 222 valence electrons. The zero-order valence-corrected chi connectivity index (χ0v) is 24.9. The number of likely N-dealkylation sites (tertiary alicyclic amines) is 2. The van der Waals surface area contributed by atoms with E-state index in [0.717, 1.165) is 73.9 Å². The summed E-state index contributed by atoms with van der Waals surface area (Å²) >= 11 is 0. The molecule has 0 N–H and O–H groups in total. The molecule has 44 heavy (non-hydrogen) atoms. The minimum Gasteiger partial charge on any atom is -0.279 e. The summed E-state index contributed by atoms with van der Waals surface area (Å²) in [6, 6.07) is 38.7. The molecule has 8 nitrogen and oxygen atoms in total. The zero-order valence-electron chi connectivity index (χ0n) is 24.9. The average molecular weight is 583 g/mol. The number of aromatic nitrogens is 6. The number of hydrogen-bond acceptors (Lipinski definition) is 6. The third-order valence-electron chi connectivity index (χ3n) is 9.87. The molecule has 0 spiro atoms. The van der Waals surface area contributed by atoms with Crippen LogP contribution in [0.1, 0.15) is 61.0 Å². The molecule has 2 fully saturated rings. The lowest BCUT2D eigenvalue weighted by Crippen LogP contribution is -2.50. The van der Waals surface area contributed by atoms with Crippen molar-refractivity contribution in [2.45, 2.75) is 49.9 Å². The van der Waals surface area contributed by atoms with E-state index in [2.05, 4.69) is 126 Å². The molecule has 4 aromatic carbocycles. The topological polar surface area (TPSA) is 67.9 Å². The molecule has 2 aliphatic heterocycles. The predicted molar refractivity (Wildman–Crippen MR) is 173 cm³/mol. The van der Waals surface area contributed by atoms with Crippen LogP contribution in [-0.2, 0) is 0 Å². The molecule has 2 atom stereocenters. The van der Waals surface area contributed by atoms with Gasteiger partial charge in [-0.3, -0.25) is 9.80 Å². The van der Waals surface area contributed by atoms with Gasteiger partial charge < -0.3 is 0 Å². The predicted octanol–water partition coefficient (Wildman–Crippen LogP) is 6.63. The molecule has 0 radical (unpaired) electrons. The Kier molecular flexibility index (Phi) is 7.37. The van der Waals surface area contributed by atoms with Crippen molar-refractivity contribution in [1.82, 2.24) is 39.8 Å². The first-order valence-electron chi connectivity index (χ1n) is 16.0. The van der Waals surface area contributed by atoms with Crippen LogP contribution < -0.4 is 0 Å². The van der Waals surface area contributed by atoms with E-state index < -0.39 is 0 Å². The molecular weight excluding hydrogens is 544 g/mol. The second-order valence-electron chi connectivity index (χ2n) is 12.3. The Labute approximate surface area is 257 Å². The van der Waals surface area contributed by atoms with Crippen molar-refractivity contribution in [1.29, 1.82) is 0 Å². The summed E-state index contributed by atoms with van der Waals surface area (Å²) in [6.45, 7) is 3.90. The van der Waals surface area contributed by atoms with Crippen LogP contribution in [0, 0.1) is 0 Å². The highest BCUT2D eigenvalue weighted by Gasteiger charge is 2.41. The van der Waals surface area contributed by atoms with Crippen LogP contribution in [0.25, 0.3) is 22.1 Å². The van der Waals surface area contributed by atoms with E-state index in [0.29, 0.717) is 11.8 Å². The van der Waals surface area contributed by atoms with Crippen LogP contribution in [0.15, 0.2) is 109 Å². The maximum atomic E-state index is 4.85. The maximum absolute atomic E-state index is 4.85. The van der Waals surface area contributed by atoms with Crippen molar-refractivity contribution in [3.05, 3.63) is 120 Å². The van der Waals surface area contributed by atoms with Crippen LogP contribution in [0.3, 0.4) is 0 Å². The number of nitrogens with zero attached hydrogens (tertiary/aromatic N) is 8. The van der Waals surface area contributed by atoms with Gasteiger partial charge in [-0.1, -0.05) is 95.4 Å². The summed E-state index contributed by atoms with van der Waals surface area (Å²) in [5.74, 6) is 1.13. The van der Waals surface area contributed by atoms with E-state index in [1.54, 1.807) is 0 Å². The molecule has 2 saturated heterocycles. The van der Waals surface area contributed by atoms with Gasteiger partial charge >= 0.3 is 0 Å².